The van der Waals surface area contributed by atoms with Gasteiger partial charge in [0.25, 0.3) is 5.91 Å². The monoisotopic (exact) mass is 262 g/mol. The Morgan fingerprint density at radius 3 is 3.05 bits per heavy atom. The molecule has 2 rings (SSSR count). The number of benzene rings is 1. The second-order valence-electron chi connectivity index (χ2n) is 4.63. The van der Waals surface area contributed by atoms with Crippen LogP contribution in [0.1, 0.15) is 38.3 Å². The molecule has 1 heterocycles. The Morgan fingerprint density at radius 2 is 2.32 bits per heavy atom. The molecule has 1 aliphatic heterocycles. The molecule has 0 radical (unpaired) electrons. The van der Waals surface area contributed by atoms with Crippen molar-refractivity contribution in [2.75, 3.05) is 11.9 Å². The third-order valence-corrected chi connectivity index (χ3v) is 2.99. The summed E-state index contributed by atoms with van der Waals surface area (Å²) in [6.07, 6.45) is 1.35. The maximum atomic E-state index is 11.6. The fourth-order valence-electron chi connectivity index (χ4n) is 1.99. The molecule has 0 aromatic heterocycles. The molecule has 2 amide bonds. The quantitative estimate of drug-likeness (QED) is 0.872. The molecule has 2 N–H and O–H groups in total. The molecule has 0 saturated heterocycles. The van der Waals surface area contributed by atoms with Crippen molar-refractivity contribution in [1.82, 2.24) is 5.32 Å². The van der Waals surface area contributed by atoms with E-state index in [9.17, 15) is 9.59 Å². The summed E-state index contributed by atoms with van der Waals surface area (Å²) in [5, 5.41) is 5.68. The maximum Gasteiger partial charge on any atom is 0.262 e. The van der Waals surface area contributed by atoms with Crippen LogP contribution in [0.3, 0.4) is 0 Å². The van der Waals surface area contributed by atoms with Crippen molar-refractivity contribution in [1.29, 1.82) is 0 Å². The van der Waals surface area contributed by atoms with Crippen molar-refractivity contribution in [3.05, 3.63) is 23.8 Å². The van der Waals surface area contributed by atoms with Gasteiger partial charge in [-0.1, -0.05) is 13.0 Å². The van der Waals surface area contributed by atoms with Crippen molar-refractivity contribution >= 4 is 17.5 Å². The van der Waals surface area contributed by atoms with Gasteiger partial charge in [-0.25, -0.2) is 0 Å². The van der Waals surface area contributed by atoms with Crippen LogP contribution in [0.25, 0.3) is 0 Å². The molecule has 5 heteroatoms. The number of carbonyl (C=O) groups excluding carboxylic acids is 2. The number of nitrogens with one attached hydrogen (secondary N) is 2. The Balaban J connectivity index is 2.10. The number of amides is 2. The highest BCUT2D eigenvalue weighted by Crippen LogP contribution is 2.30. The van der Waals surface area contributed by atoms with Crippen LogP contribution in [0, 0.1) is 0 Å². The summed E-state index contributed by atoms with van der Waals surface area (Å²) in [6.45, 7) is 3.94. The fourth-order valence-corrected chi connectivity index (χ4v) is 1.99. The highest BCUT2D eigenvalue weighted by atomic mass is 16.5. The van der Waals surface area contributed by atoms with Gasteiger partial charge in [0.15, 0.2) is 6.61 Å². The highest BCUT2D eigenvalue weighted by Gasteiger charge is 2.17. The van der Waals surface area contributed by atoms with Crippen molar-refractivity contribution in [2.45, 2.75) is 32.7 Å². The highest BCUT2D eigenvalue weighted by molar-refractivity contribution is 5.95. The van der Waals surface area contributed by atoms with Crippen LogP contribution in [-0.2, 0) is 9.59 Å². The largest absolute Gasteiger partial charge is 0.482 e. The fraction of sp³-hybridized carbons (Fsp3) is 0.429. The second-order valence-corrected chi connectivity index (χ2v) is 4.63. The van der Waals surface area contributed by atoms with Crippen molar-refractivity contribution in [3.63, 3.8) is 0 Å². The Labute approximate surface area is 112 Å². The van der Waals surface area contributed by atoms with Gasteiger partial charge in [0.1, 0.15) is 5.75 Å². The van der Waals surface area contributed by atoms with E-state index in [0.29, 0.717) is 17.9 Å². The van der Waals surface area contributed by atoms with Gasteiger partial charge in [-0.2, -0.15) is 0 Å². The van der Waals surface area contributed by atoms with Crippen LogP contribution in [-0.4, -0.2) is 18.4 Å². The Morgan fingerprint density at radius 1 is 1.53 bits per heavy atom. The molecule has 5 nitrogen and oxygen atoms in total. The van der Waals surface area contributed by atoms with E-state index in [2.05, 4.69) is 10.6 Å². The number of hydrogen-bond donors (Lipinski definition) is 2. The van der Waals surface area contributed by atoms with E-state index in [4.69, 9.17) is 4.74 Å². The Hall–Kier alpha value is -2.04. The summed E-state index contributed by atoms with van der Waals surface area (Å²) in [5.74, 6) is 0.538. The maximum absolute atomic E-state index is 11.6. The SMILES string of the molecule is CCCC(=O)N[C@@H](C)c1ccc2c(c1)NC(=O)CO2. The van der Waals surface area contributed by atoms with Crippen LogP contribution in [0.4, 0.5) is 5.69 Å². The molecule has 19 heavy (non-hydrogen) atoms. The first kappa shape index (κ1) is 13.4. The first-order valence-electron chi connectivity index (χ1n) is 6.46. The smallest absolute Gasteiger partial charge is 0.262 e. The zero-order chi connectivity index (χ0) is 13.8. The summed E-state index contributed by atoms with van der Waals surface area (Å²) in [7, 11) is 0. The molecule has 0 unspecified atom stereocenters. The van der Waals surface area contributed by atoms with E-state index in [-0.39, 0.29) is 24.5 Å². The molecular formula is C14H18N2O3. The minimum Gasteiger partial charge on any atom is -0.482 e. The zero-order valence-corrected chi connectivity index (χ0v) is 11.2. The molecular weight excluding hydrogens is 244 g/mol. The van der Waals surface area contributed by atoms with Crippen LogP contribution in [0.5, 0.6) is 5.75 Å². The van der Waals surface area contributed by atoms with Gasteiger partial charge in [-0.05, 0) is 31.0 Å². The number of carbonyl (C=O) groups is 2. The lowest BCUT2D eigenvalue weighted by Gasteiger charge is -2.21. The predicted octanol–water partition coefficient (Wildman–Crippen LogP) is 1.99. The van der Waals surface area contributed by atoms with Gasteiger partial charge in [0.2, 0.25) is 5.91 Å². The molecule has 0 aliphatic carbocycles. The molecule has 1 aromatic carbocycles. The third-order valence-electron chi connectivity index (χ3n) is 2.99. The van der Waals surface area contributed by atoms with Crippen LogP contribution < -0.4 is 15.4 Å². The van der Waals surface area contributed by atoms with Crippen LogP contribution in [0.15, 0.2) is 18.2 Å². The third kappa shape index (κ3) is 3.24. The minimum atomic E-state index is -0.160. The van der Waals surface area contributed by atoms with Gasteiger partial charge in [0.05, 0.1) is 11.7 Å². The van der Waals surface area contributed by atoms with E-state index in [1.54, 1.807) is 0 Å². The lowest BCUT2D eigenvalue weighted by atomic mass is 10.1. The van der Waals surface area contributed by atoms with E-state index < -0.39 is 0 Å². The van der Waals surface area contributed by atoms with E-state index in [1.165, 1.54) is 0 Å². The number of fused-ring (bicyclic) bond motifs is 1. The topological polar surface area (TPSA) is 67.4 Å². The summed E-state index contributed by atoms with van der Waals surface area (Å²) >= 11 is 0. The lowest BCUT2D eigenvalue weighted by molar-refractivity contribution is -0.122. The predicted molar refractivity (Wildman–Crippen MR) is 72.0 cm³/mol. The normalized spacial score (nSPS) is 14.9. The van der Waals surface area contributed by atoms with Gasteiger partial charge < -0.3 is 15.4 Å². The number of ether oxygens (including phenoxy) is 1. The average molecular weight is 262 g/mol. The van der Waals surface area contributed by atoms with Crippen molar-refractivity contribution < 1.29 is 14.3 Å². The first-order valence-corrected chi connectivity index (χ1v) is 6.46. The van der Waals surface area contributed by atoms with Crippen LogP contribution >= 0.6 is 0 Å². The van der Waals surface area contributed by atoms with E-state index >= 15 is 0 Å². The molecule has 0 fully saturated rings. The number of anilines is 1. The molecule has 1 aliphatic rings. The first-order chi connectivity index (χ1) is 9.10. The summed E-state index contributed by atoms with van der Waals surface area (Å²) in [6, 6.07) is 5.45. The molecule has 0 bridgehead atoms. The second kappa shape index (κ2) is 5.73. The van der Waals surface area contributed by atoms with E-state index in [1.807, 2.05) is 32.0 Å². The zero-order valence-electron chi connectivity index (χ0n) is 11.2. The molecule has 102 valence electrons. The van der Waals surface area contributed by atoms with Crippen LogP contribution in [0.2, 0.25) is 0 Å². The summed E-state index contributed by atoms with van der Waals surface area (Å²) < 4.78 is 5.29. The molecule has 0 saturated carbocycles. The standard InChI is InChI=1S/C14H18N2O3/c1-3-4-13(17)15-9(2)10-5-6-12-11(7-10)16-14(18)8-19-12/h5-7,9H,3-4,8H2,1-2H3,(H,15,17)(H,16,18)/t9-/m0/s1. The molecule has 0 spiro atoms. The molecule has 1 aromatic rings. The summed E-state index contributed by atoms with van der Waals surface area (Å²) in [4.78, 5) is 22.8. The van der Waals surface area contributed by atoms with Gasteiger partial charge in [-0.15, -0.1) is 0 Å². The van der Waals surface area contributed by atoms with Gasteiger partial charge in [-0.3, -0.25) is 9.59 Å². The minimum absolute atomic E-state index is 0.0352. The van der Waals surface area contributed by atoms with Crippen molar-refractivity contribution in [3.8, 4) is 5.75 Å². The lowest BCUT2D eigenvalue weighted by Crippen LogP contribution is -2.27. The van der Waals surface area contributed by atoms with Crippen molar-refractivity contribution in [2.24, 2.45) is 0 Å². The van der Waals surface area contributed by atoms with E-state index in [0.717, 1.165) is 12.0 Å². The number of rotatable bonds is 4. The Kier molecular flexibility index (Phi) is 4.04. The van der Waals surface area contributed by atoms with Gasteiger partial charge in [0, 0.05) is 6.42 Å². The average Bonchev–Trinajstić information content (AvgIpc) is 2.38. The molecule has 1 atom stereocenters. The van der Waals surface area contributed by atoms with Gasteiger partial charge >= 0.3 is 0 Å². The summed E-state index contributed by atoms with van der Waals surface area (Å²) in [5.41, 5.74) is 1.60. The Bertz CT molecular complexity index is 499. The number of hydrogen-bond acceptors (Lipinski definition) is 3.